The number of hydrogen-bond acceptors (Lipinski definition) is 4. The smallest absolute Gasteiger partial charge is 0.236 e. The molecular weight excluding hydrogens is 354 g/mol. The van der Waals surface area contributed by atoms with Gasteiger partial charge in [0.1, 0.15) is 5.65 Å². The number of fused-ring (bicyclic) bond motifs is 1. The molecule has 0 aromatic carbocycles. The average Bonchev–Trinajstić information content (AvgIpc) is 3.11. The molecule has 0 radical (unpaired) electrons. The first-order valence-corrected chi connectivity index (χ1v) is 10.3. The molecule has 4 rings (SSSR count). The number of aromatic nitrogens is 2. The number of imidazole rings is 1. The normalized spacial score (nSPS) is 21.2. The van der Waals surface area contributed by atoms with Crippen LogP contribution in [0.2, 0.25) is 0 Å². The number of amides is 2. The Balaban J connectivity index is 1.26. The first kappa shape index (κ1) is 18.9. The van der Waals surface area contributed by atoms with Gasteiger partial charge < -0.3 is 14.2 Å². The van der Waals surface area contributed by atoms with E-state index in [1.165, 1.54) is 6.42 Å². The molecule has 7 nitrogen and oxygen atoms in total. The number of pyridine rings is 1. The van der Waals surface area contributed by atoms with Gasteiger partial charge in [-0.15, -0.1) is 0 Å². The van der Waals surface area contributed by atoms with E-state index < -0.39 is 0 Å². The van der Waals surface area contributed by atoms with Gasteiger partial charge in [-0.2, -0.15) is 0 Å². The highest BCUT2D eigenvalue weighted by atomic mass is 16.2. The van der Waals surface area contributed by atoms with Crippen molar-refractivity contribution in [1.29, 1.82) is 0 Å². The summed E-state index contributed by atoms with van der Waals surface area (Å²) in [6.45, 7) is 6.36. The van der Waals surface area contributed by atoms with Gasteiger partial charge in [-0.25, -0.2) is 4.98 Å². The molecule has 0 saturated carbocycles. The Labute approximate surface area is 165 Å². The number of carbonyl (C=O) groups excluding carboxylic acids is 2. The molecule has 7 heteroatoms. The van der Waals surface area contributed by atoms with Crippen LogP contribution in [0.1, 0.15) is 31.9 Å². The van der Waals surface area contributed by atoms with E-state index in [0.29, 0.717) is 32.1 Å². The Kier molecular flexibility index (Phi) is 5.62. The molecule has 0 spiro atoms. The molecule has 2 aliphatic heterocycles. The molecule has 0 N–H and O–H groups in total. The van der Waals surface area contributed by atoms with E-state index in [1.54, 1.807) is 0 Å². The lowest BCUT2D eigenvalue weighted by Crippen LogP contribution is -2.53. The van der Waals surface area contributed by atoms with E-state index in [0.717, 1.165) is 43.8 Å². The summed E-state index contributed by atoms with van der Waals surface area (Å²) in [5.41, 5.74) is 1.66. The van der Waals surface area contributed by atoms with Gasteiger partial charge in [0.05, 0.1) is 18.7 Å². The summed E-state index contributed by atoms with van der Waals surface area (Å²) < 4.78 is 1.94. The molecule has 2 aliphatic rings. The molecule has 2 fully saturated rings. The van der Waals surface area contributed by atoms with Crippen molar-refractivity contribution >= 4 is 17.5 Å². The molecule has 2 aromatic heterocycles. The second-order valence-corrected chi connectivity index (χ2v) is 7.96. The maximum absolute atomic E-state index is 12.6. The maximum atomic E-state index is 12.6. The van der Waals surface area contributed by atoms with Gasteiger partial charge >= 0.3 is 0 Å². The fourth-order valence-corrected chi connectivity index (χ4v) is 4.25. The predicted molar refractivity (Wildman–Crippen MR) is 107 cm³/mol. The van der Waals surface area contributed by atoms with Crippen molar-refractivity contribution in [3.8, 4) is 0 Å². The third kappa shape index (κ3) is 4.19. The summed E-state index contributed by atoms with van der Waals surface area (Å²) in [6.07, 6.45) is 7.62. The molecule has 0 bridgehead atoms. The zero-order chi connectivity index (χ0) is 19.5. The first-order valence-electron chi connectivity index (χ1n) is 10.3. The van der Waals surface area contributed by atoms with Gasteiger partial charge in [0, 0.05) is 51.2 Å². The number of piperidine rings is 1. The van der Waals surface area contributed by atoms with Crippen LogP contribution in [0.15, 0.2) is 30.6 Å². The van der Waals surface area contributed by atoms with Gasteiger partial charge in [-0.3, -0.25) is 14.5 Å². The Morgan fingerprint density at radius 3 is 2.64 bits per heavy atom. The molecule has 2 amide bonds. The molecule has 1 atom stereocenters. The first-order chi connectivity index (χ1) is 13.6. The van der Waals surface area contributed by atoms with Crippen molar-refractivity contribution in [2.45, 2.75) is 38.6 Å². The Morgan fingerprint density at radius 1 is 1.07 bits per heavy atom. The van der Waals surface area contributed by atoms with E-state index >= 15 is 0 Å². The number of rotatable bonds is 4. The maximum Gasteiger partial charge on any atom is 0.236 e. The largest absolute Gasteiger partial charge is 0.340 e. The van der Waals surface area contributed by atoms with Crippen LogP contribution in [-0.2, 0) is 16.0 Å². The minimum absolute atomic E-state index is 0.110. The highest BCUT2D eigenvalue weighted by molar-refractivity contribution is 5.79. The van der Waals surface area contributed by atoms with Crippen LogP contribution >= 0.6 is 0 Å². The summed E-state index contributed by atoms with van der Waals surface area (Å²) in [4.78, 5) is 35.9. The van der Waals surface area contributed by atoms with Gasteiger partial charge in [-0.05, 0) is 38.3 Å². The van der Waals surface area contributed by atoms with Crippen molar-refractivity contribution in [2.24, 2.45) is 0 Å². The van der Waals surface area contributed by atoms with Crippen LogP contribution in [-0.4, -0.2) is 81.2 Å². The lowest BCUT2D eigenvalue weighted by molar-refractivity contribution is -0.137. The summed E-state index contributed by atoms with van der Waals surface area (Å²) in [5.74, 6) is 0.343. The third-order valence-electron chi connectivity index (χ3n) is 5.95. The van der Waals surface area contributed by atoms with Gasteiger partial charge in [0.15, 0.2) is 0 Å². The SMILES string of the molecule is C[C@@H]1CCCCN1C(=O)CN1CCN(C(=O)Cc2cn3ccccc3n2)CC1. The highest BCUT2D eigenvalue weighted by Crippen LogP contribution is 2.17. The summed E-state index contributed by atoms with van der Waals surface area (Å²) in [5, 5.41) is 0. The Hall–Kier alpha value is -2.41. The summed E-state index contributed by atoms with van der Waals surface area (Å²) >= 11 is 0. The molecule has 4 heterocycles. The molecule has 150 valence electrons. The Morgan fingerprint density at radius 2 is 1.89 bits per heavy atom. The summed E-state index contributed by atoms with van der Waals surface area (Å²) in [6, 6.07) is 6.19. The second kappa shape index (κ2) is 8.31. The zero-order valence-corrected chi connectivity index (χ0v) is 16.6. The molecular formula is C21H29N5O2. The van der Waals surface area contributed by atoms with Gasteiger partial charge in [-0.1, -0.05) is 6.07 Å². The number of nitrogens with zero attached hydrogens (tertiary/aromatic N) is 5. The zero-order valence-electron chi connectivity index (χ0n) is 16.6. The van der Waals surface area contributed by atoms with Crippen LogP contribution in [0.4, 0.5) is 0 Å². The average molecular weight is 383 g/mol. The van der Waals surface area contributed by atoms with E-state index in [1.807, 2.05) is 44.8 Å². The van der Waals surface area contributed by atoms with Crippen LogP contribution in [0.25, 0.3) is 5.65 Å². The van der Waals surface area contributed by atoms with E-state index in [9.17, 15) is 9.59 Å². The molecule has 0 aliphatic carbocycles. The van der Waals surface area contributed by atoms with Crippen molar-refractivity contribution in [3.05, 3.63) is 36.3 Å². The monoisotopic (exact) mass is 383 g/mol. The van der Waals surface area contributed by atoms with Crippen LogP contribution in [0.3, 0.4) is 0 Å². The van der Waals surface area contributed by atoms with Crippen LogP contribution < -0.4 is 0 Å². The van der Waals surface area contributed by atoms with Crippen molar-refractivity contribution in [1.82, 2.24) is 24.1 Å². The molecule has 2 aromatic rings. The lowest BCUT2D eigenvalue weighted by Gasteiger charge is -2.38. The predicted octanol–water partition coefficient (Wildman–Crippen LogP) is 1.42. The molecule has 0 unspecified atom stereocenters. The third-order valence-corrected chi connectivity index (χ3v) is 5.95. The highest BCUT2D eigenvalue weighted by Gasteiger charge is 2.27. The molecule has 28 heavy (non-hydrogen) atoms. The standard InChI is InChI=1S/C21H29N5O2/c1-17-6-2-5-9-26(17)21(28)16-23-10-12-24(13-11-23)20(27)14-18-15-25-8-4-3-7-19(25)22-18/h3-4,7-8,15,17H,2,5-6,9-14,16H2,1H3/t17-/m1/s1. The van der Waals surface area contributed by atoms with Crippen molar-refractivity contribution < 1.29 is 9.59 Å². The van der Waals surface area contributed by atoms with Gasteiger partial charge in [0.25, 0.3) is 0 Å². The minimum Gasteiger partial charge on any atom is -0.340 e. The number of likely N-dealkylation sites (tertiary alicyclic amines) is 1. The fourth-order valence-electron chi connectivity index (χ4n) is 4.25. The Bertz CT molecular complexity index is 807. The second-order valence-electron chi connectivity index (χ2n) is 7.96. The van der Waals surface area contributed by atoms with Crippen LogP contribution in [0, 0.1) is 0 Å². The fraction of sp³-hybridized carbons (Fsp3) is 0.571. The molecule has 2 saturated heterocycles. The lowest BCUT2D eigenvalue weighted by atomic mass is 10.0. The van der Waals surface area contributed by atoms with Crippen LogP contribution in [0.5, 0.6) is 0 Å². The van der Waals surface area contributed by atoms with Crippen molar-refractivity contribution in [3.63, 3.8) is 0 Å². The van der Waals surface area contributed by atoms with E-state index in [4.69, 9.17) is 0 Å². The number of carbonyl (C=O) groups is 2. The minimum atomic E-state index is 0.110. The summed E-state index contributed by atoms with van der Waals surface area (Å²) in [7, 11) is 0. The number of piperazine rings is 1. The number of hydrogen-bond donors (Lipinski definition) is 0. The van der Waals surface area contributed by atoms with Gasteiger partial charge in [0.2, 0.25) is 11.8 Å². The van der Waals surface area contributed by atoms with Crippen molar-refractivity contribution in [2.75, 3.05) is 39.3 Å². The quantitative estimate of drug-likeness (QED) is 0.801. The van der Waals surface area contributed by atoms with E-state index in [-0.39, 0.29) is 11.8 Å². The topological polar surface area (TPSA) is 61.2 Å². The van der Waals surface area contributed by atoms with E-state index in [2.05, 4.69) is 16.8 Å².